The van der Waals surface area contributed by atoms with Gasteiger partial charge < -0.3 is 10.00 Å². The molecular formula is C10H11F4O3P. The smallest absolute Gasteiger partial charge is 0.265 e. The SMILES string of the molecule is CCC(C)(O)P(=O)(O)c1c(F)c(F)cc(F)c1F. The largest absolute Gasteiger partial charge is 0.380 e. The number of hydrogen-bond acceptors (Lipinski definition) is 2. The summed E-state index contributed by atoms with van der Waals surface area (Å²) in [6.07, 6.45) is -0.336. The predicted molar refractivity (Wildman–Crippen MR) is 56.6 cm³/mol. The van der Waals surface area contributed by atoms with Gasteiger partial charge in [-0.2, -0.15) is 0 Å². The van der Waals surface area contributed by atoms with Crippen LogP contribution in [0.4, 0.5) is 17.6 Å². The molecule has 2 atom stereocenters. The van der Waals surface area contributed by atoms with Crippen molar-refractivity contribution in [3.05, 3.63) is 29.3 Å². The van der Waals surface area contributed by atoms with Crippen LogP contribution in [0.5, 0.6) is 0 Å². The van der Waals surface area contributed by atoms with Crippen molar-refractivity contribution in [1.82, 2.24) is 0 Å². The van der Waals surface area contributed by atoms with E-state index in [4.69, 9.17) is 0 Å². The lowest BCUT2D eigenvalue weighted by atomic mass is 10.3. The Morgan fingerprint density at radius 2 is 1.61 bits per heavy atom. The van der Waals surface area contributed by atoms with Gasteiger partial charge in [0.1, 0.15) is 10.6 Å². The molecule has 0 aromatic heterocycles. The van der Waals surface area contributed by atoms with Crippen molar-refractivity contribution < 1.29 is 32.1 Å². The third kappa shape index (κ3) is 2.18. The number of rotatable bonds is 3. The van der Waals surface area contributed by atoms with E-state index in [1.807, 2.05) is 0 Å². The van der Waals surface area contributed by atoms with E-state index < -0.39 is 41.3 Å². The van der Waals surface area contributed by atoms with Crippen LogP contribution in [-0.4, -0.2) is 15.3 Å². The van der Waals surface area contributed by atoms with Crippen molar-refractivity contribution in [3.8, 4) is 0 Å². The minimum absolute atomic E-state index is 0.0746. The predicted octanol–water partition coefficient (Wildman–Crippen LogP) is 2.26. The molecule has 0 aliphatic carbocycles. The second-order valence-electron chi connectivity index (χ2n) is 3.96. The molecule has 8 heteroatoms. The average molecular weight is 286 g/mol. The molecule has 0 radical (unpaired) electrons. The van der Waals surface area contributed by atoms with Crippen LogP contribution in [-0.2, 0) is 4.57 Å². The number of hydrogen-bond donors (Lipinski definition) is 2. The molecule has 0 amide bonds. The fourth-order valence-electron chi connectivity index (χ4n) is 1.28. The molecule has 0 spiro atoms. The molecular weight excluding hydrogens is 275 g/mol. The summed E-state index contributed by atoms with van der Waals surface area (Å²) in [5, 5.41) is 5.59. The Labute approximate surface area is 101 Å². The van der Waals surface area contributed by atoms with Gasteiger partial charge in [0.2, 0.25) is 0 Å². The lowest BCUT2D eigenvalue weighted by molar-refractivity contribution is 0.126. The Bertz CT molecular complexity index is 504. The van der Waals surface area contributed by atoms with E-state index in [1.54, 1.807) is 0 Å². The normalized spacial score (nSPS) is 18.2. The molecule has 0 aliphatic rings. The minimum atomic E-state index is -5.05. The highest BCUT2D eigenvalue weighted by Gasteiger charge is 2.46. The van der Waals surface area contributed by atoms with Crippen LogP contribution >= 0.6 is 7.37 Å². The van der Waals surface area contributed by atoms with Crippen LogP contribution < -0.4 is 5.30 Å². The summed E-state index contributed by atoms with van der Waals surface area (Å²) in [5.74, 6) is -7.56. The van der Waals surface area contributed by atoms with Gasteiger partial charge in [0, 0.05) is 6.07 Å². The van der Waals surface area contributed by atoms with Gasteiger partial charge in [-0.05, 0) is 13.3 Å². The molecule has 2 N–H and O–H groups in total. The van der Waals surface area contributed by atoms with Crippen LogP contribution in [0.3, 0.4) is 0 Å². The Morgan fingerprint density at radius 3 is 1.94 bits per heavy atom. The summed E-state index contributed by atoms with van der Waals surface area (Å²) in [5.41, 5.74) is 0. The van der Waals surface area contributed by atoms with E-state index in [2.05, 4.69) is 0 Å². The van der Waals surface area contributed by atoms with Crippen molar-refractivity contribution in [3.63, 3.8) is 0 Å². The molecule has 18 heavy (non-hydrogen) atoms. The second-order valence-corrected chi connectivity index (χ2v) is 6.53. The van der Waals surface area contributed by atoms with E-state index in [-0.39, 0.29) is 12.5 Å². The third-order valence-corrected chi connectivity index (χ3v) is 5.34. The zero-order valence-corrected chi connectivity index (χ0v) is 10.4. The highest BCUT2D eigenvalue weighted by molar-refractivity contribution is 7.67. The van der Waals surface area contributed by atoms with Gasteiger partial charge >= 0.3 is 0 Å². The van der Waals surface area contributed by atoms with E-state index in [1.165, 1.54) is 6.92 Å². The lowest BCUT2D eigenvalue weighted by Gasteiger charge is -2.28. The van der Waals surface area contributed by atoms with Crippen LogP contribution in [0.1, 0.15) is 20.3 Å². The first-order chi connectivity index (χ1) is 8.06. The van der Waals surface area contributed by atoms with E-state index in [0.29, 0.717) is 0 Å². The molecule has 2 unspecified atom stereocenters. The fraction of sp³-hybridized carbons (Fsp3) is 0.400. The van der Waals surface area contributed by atoms with Crippen molar-refractivity contribution in [1.29, 1.82) is 0 Å². The number of benzene rings is 1. The first-order valence-electron chi connectivity index (χ1n) is 4.95. The Balaban J connectivity index is 3.66. The standard InChI is InChI=1S/C10H11F4O3P/c1-3-10(2,15)18(16,17)9-7(13)5(11)4-6(12)8(9)14/h4,15H,3H2,1-2H3,(H,16,17). The van der Waals surface area contributed by atoms with Gasteiger partial charge in [-0.1, -0.05) is 6.92 Å². The quantitative estimate of drug-likeness (QED) is 0.509. The molecule has 0 heterocycles. The summed E-state index contributed by atoms with van der Waals surface area (Å²) in [6.45, 7) is 2.14. The van der Waals surface area contributed by atoms with E-state index in [0.717, 1.165) is 6.92 Å². The summed E-state index contributed by atoms with van der Waals surface area (Å²) < 4.78 is 64.6. The molecule has 1 rings (SSSR count). The van der Waals surface area contributed by atoms with Crippen molar-refractivity contribution in [2.45, 2.75) is 25.6 Å². The third-order valence-electron chi connectivity index (χ3n) is 2.71. The van der Waals surface area contributed by atoms with Crippen LogP contribution in [0, 0.1) is 23.3 Å². The molecule has 0 saturated carbocycles. The van der Waals surface area contributed by atoms with Crippen molar-refractivity contribution in [2.24, 2.45) is 0 Å². The van der Waals surface area contributed by atoms with Crippen LogP contribution in [0.25, 0.3) is 0 Å². The summed E-state index contributed by atoms with van der Waals surface area (Å²) in [7, 11) is -5.05. The molecule has 3 nitrogen and oxygen atoms in total. The molecule has 102 valence electrons. The summed E-state index contributed by atoms with van der Waals surface area (Å²) >= 11 is 0. The Morgan fingerprint density at radius 1 is 1.22 bits per heavy atom. The summed E-state index contributed by atoms with van der Waals surface area (Å²) in [6, 6.07) is -0.0746. The summed E-state index contributed by atoms with van der Waals surface area (Å²) in [4.78, 5) is 9.62. The Kier molecular flexibility index (Phi) is 3.91. The topological polar surface area (TPSA) is 57.5 Å². The molecule has 0 aliphatic heterocycles. The first-order valence-corrected chi connectivity index (χ1v) is 6.61. The molecule has 1 aromatic carbocycles. The van der Waals surface area contributed by atoms with Gasteiger partial charge in [-0.25, -0.2) is 17.6 Å². The number of halogens is 4. The van der Waals surface area contributed by atoms with E-state index >= 15 is 0 Å². The zero-order chi connectivity index (χ0) is 14.3. The van der Waals surface area contributed by atoms with Crippen LogP contribution in [0.15, 0.2) is 6.07 Å². The highest BCUT2D eigenvalue weighted by atomic mass is 31.2. The molecule has 0 saturated heterocycles. The van der Waals surface area contributed by atoms with Gasteiger partial charge in [-0.15, -0.1) is 0 Å². The van der Waals surface area contributed by atoms with Gasteiger partial charge in [0.25, 0.3) is 7.37 Å². The Hall–Kier alpha value is -0.910. The molecule has 1 aromatic rings. The van der Waals surface area contributed by atoms with E-state index in [9.17, 15) is 32.1 Å². The monoisotopic (exact) mass is 286 g/mol. The first kappa shape index (κ1) is 15.1. The maximum Gasteiger partial charge on any atom is 0.265 e. The van der Waals surface area contributed by atoms with Crippen molar-refractivity contribution >= 4 is 12.7 Å². The van der Waals surface area contributed by atoms with Gasteiger partial charge in [-0.3, -0.25) is 4.57 Å². The van der Waals surface area contributed by atoms with Crippen LogP contribution in [0.2, 0.25) is 0 Å². The molecule has 0 fully saturated rings. The van der Waals surface area contributed by atoms with Crippen molar-refractivity contribution in [2.75, 3.05) is 0 Å². The highest BCUT2D eigenvalue weighted by Crippen LogP contribution is 2.54. The number of aliphatic hydroxyl groups is 1. The maximum atomic E-state index is 13.4. The zero-order valence-electron chi connectivity index (χ0n) is 9.55. The minimum Gasteiger partial charge on any atom is -0.380 e. The fourth-order valence-corrected chi connectivity index (χ4v) is 2.94. The maximum absolute atomic E-state index is 13.4. The molecule has 0 bridgehead atoms. The van der Waals surface area contributed by atoms with Gasteiger partial charge in [0.15, 0.2) is 23.3 Å². The van der Waals surface area contributed by atoms with Gasteiger partial charge in [0.05, 0.1) is 0 Å². The lowest BCUT2D eigenvalue weighted by Crippen LogP contribution is -2.33. The second kappa shape index (κ2) is 4.64. The average Bonchev–Trinajstić information content (AvgIpc) is 2.26.